The molecule has 164 valence electrons. The number of anilines is 1. The van der Waals surface area contributed by atoms with Crippen LogP contribution in [-0.4, -0.2) is 53.5 Å². The van der Waals surface area contributed by atoms with E-state index in [1.807, 2.05) is 18.2 Å². The van der Waals surface area contributed by atoms with Crippen LogP contribution in [0.5, 0.6) is 0 Å². The Hall–Kier alpha value is -2.54. The van der Waals surface area contributed by atoms with Gasteiger partial charge in [-0.1, -0.05) is 12.1 Å². The minimum absolute atomic E-state index is 0.200. The van der Waals surface area contributed by atoms with Gasteiger partial charge in [0.1, 0.15) is 5.82 Å². The second-order valence-corrected chi connectivity index (χ2v) is 9.40. The van der Waals surface area contributed by atoms with Gasteiger partial charge < -0.3 is 10.2 Å². The Morgan fingerprint density at radius 1 is 1.16 bits per heavy atom. The summed E-state index contributed by atoms with van der Waals surface area (Å²) in [5.74, 6) is 1.56. The number of likely N-dealkylation sites (tertiary alicyclic amines) is 1. The molecule has 0 spiro atoms. The first-order valence-corrected chi connectivity index (χ1v) is 11.4. The van der Waals surface area contributed by atoms with Crippen molar-refractivity contribution < 1.29 is 9.18 Å². The quantitative estimate of drug-likeness (QED) is 0.774. The van der Waals surface area contributed by atoms with Gasteiger partial charge in [0.05, 0.1) is 5.41 Å². The fraction of sp³-hybridized carbons (Fsp3) is 0.542. The highest BCUT2D eigenvalue weighted by Gasteiger charge is 2.53. The number of carbonyl (C=O) groups is 1. The van der Waals surface area contributed by atoms with Gasteiger partial charge in [-0.3, -0.25) is 9.69 Å². The number of benzene rings is 1. The Labute approximate surface area is 182 Å². The summed E-state index contributed by atoms with van der Waals surface area (Å²) in [5.41, 5.74) is 0.694. The van der Waals surface area contributed by atoms with Gasteiger partial charge >= 0.3 is 0 Å². The topological polar surface area (TPSA) is 61.4 Å². The van der Waals surface area contributed by atoms with Crippen LogP contribution in [0.3, 0.4) is 0 Å². The number of nitrogens with zero attached hydrogens (tertiary/aromatic N) is 4. The van der Waals surface area contributed by atoms with E-state index >= 15 is 0 Å². The molecule has 5 rings (SSSR count). The molecule has 6 nitrogen and oxygen atoms in total. The lowest BCUT2D eigenvalue weighted by atomic mass is 9.74. The van der Waals surface area contributed by atoms with Crippen LogP contribution in [0, 0.1) is 23.1 Å². The number of fused-ring (bicyclic) bond motifs is 1. The normalized spacial score (nSPS) is 26.4. The molecular weight excluding hydrogens is 393 g/mol. The summed E-state index contributed by atoms with van der Waals surface area (Å²) in [4.78, 5) is 27.0. The molecule has 1 amide bonds. The summed E-state index contributed by atoms with van der Waals surface area (Å²) in [6, 6.07) is 8.57. The predicted molar refractivity (Wildman–Crippen MR) is 117 cm³/mol. The number of halogens is 1. The molecule has 3 fully saturated rings. The zero-order valence-electron chi connectivity index (χ0n) is 17.8. The molecule has 2 aromatic rings. The molecule has 0 radical (unpaired) electrons. The lowest BCUT2D eigenvalue weighted by molar-refractivity contribution is -0.132. The number of aromatic nitrogens is 2. The van der Waals surface area contributed by atoms with E-state index in [4.69, 9.17) is 0 Å². The number of carbonyl (C=O) groups excluding carboxylic acids is 1. The molecule has 1 aliphatic carbocycles. The van der Waals surface area contributed by atoms with Crippen LogP contribution in [0.4, 0.5) is 10.3 Å². The zero-order chi connectivity index (χ0) is 21.3. The van der Waals surface area contributed by atoms with E-state index in [9.17, 15) is 9.18 Å². The maximum Gasteiger partial charge on any atom is 0.228 e. The van der Waals surface area contributed by atoms with Crippen molar-refractivity contribution in [1.29, 1.82) is 0 Å². The van der Waals surface area contributed by atoms with Crippen LogP contribution in [0.25, 0.3) is 0 Å². The highest BCUT2D eigenvalue weighted by Crippen LogP contribution is 2.44. The first kappa shape index (κ1) is 20.4. The first-order chi connectivity index (χ1) is 15.1. The standard InChI is InChI=1S/C24H30FN5O/c25-21-7-5-19(6-8-21)14-29-12-1-9-24(22(31)28-13-18-3-4-18)17-30(16-20(24)15-29)23-26-10-2-11-27-23/h2,5-8,10-11,18,20H,1,3-4,9,12-17H2,(H,28,31)/t20-,24+/m0/s1. The lowest BCUT2D eigenvalue weighted by Gasteiger charge is -2.32. The van der Waals surface area contributed by atoms with Crippen LogP contribution >= 0.6 is 0 Å². The average molecular weight is 424 g/mol. The van der Waals surface area contributed by atoms with Crippen LogP contribution in [0.1, 0.15) is 31.2 Å². The fourth-order valence-corrected chi connectivity index (χ4v) is 5.22. The van der Waals surface area contributed by atoms with E-state index in [1.54, 1.807) is 12.4 Å². The van der Waals surface area contributed by atoms with Gasteiger partial charge in [-0.25, -0.2) is 14.4 Å². The van der Waals surface area contributed by atoms with Crippen molar-refractivity contribution in [2.24, 2.45) is 17.3 Å². The fourth-order valence-electron chi connectivity index (χ4n) is 5.22. The van der Waals surface area contributed by atoms with E-state index in [2.05, 4.69) is 25.1 Å². The summed E-state index contributed by atoms with van der Waals surface area (Å²) in [5, 5.41) is 3.28. The van der Waals surface area contributed by atoms with Gasteiger partial charge in [-0.05, 0) is 61.9 Å². The summed E-state index contributed by atoms with van der Waals surface area (Å²) in [7, 11) is 0. The molecule has 1 N–H and O–H groups in total. The first-order valence-electron chi connectivity index (χ1n) is 11.4. The number of amides is 1. The SMILES string of the molecule is O=C(NCC1CC1)[C@@]12CCCN(Cc3ccc(F)cc3)C[C@H]1CN(c1ncccn1)C2. The Balaban J connectivity index is 1.36. The zero-order valence-corrected chi connectivity index (χ0v) is 17.8. The summed E-state index contributed by atoms with van der Waals surface area (Å²) in [6.07, 6.45) is 7.82. The van der Waals surface area contributed by atoms with Crippen molar-refractivity contribution in [2.45, 2.75) is 32.2 Å². The molecule has 2 saturated heterocycles. The van der Waals surface area contributed by atoms with Crippen molar-refractivity contribution in [3.63, 3.8) is 0 Å². The maximum absolute atomic E-state index is 13.5. The van der Waals surface area contributed by atoms with Crippen LogP contribution < -0.4 is 10.2 Å². The molecule has 0 bridgehead atoms. The molecule has 1 aromatic heterocycles. The van der Waals surface area contributed by atoms with Crippen LogP contribution in [0.15, 0.2) is 42.7 Å². The highest BCUT2D eigenvalue weighted by atomic mass is 19.1. The minimum atomic E-state index is -0.411. The third-order valence-electron chi connectivity index (χ3n) is 7.13. The van der Waals surface area contributed by atoms with Crippen molar-refractivity contribution in [3.05, 3.63) is 54.1 Å². The number of rotatable bonds is 6. The molecule has 0 unspecified atom stereocenters. The largest absolute Gasteiger partial charge is 0.355 e. The lowest BCUT2D eigenvalue weighted by Crippen LogP contribution is -2.48. The Morgan fingerprint density at radius 2 is 1.94 bits per heavy atom. The minimum Gasteiger partial charge on any atom is -0.355 e. The van der Waals surface area contributed by atoms with E-state index in [1.165, 1.54) is 25.0 Å². The van der Waals surface area contributed by atoms with Gasteiger partial charge in [-0.15, -0.1) is 0 Å². The molecular formula is C24H30FN5O. The smallest absolute Gasteiger partial charge is 0.228 e. The van der Waals surface area contributed by atoms with Gasteiger partial charge in [0, 0.05) is 51.0 Å². The Kier molecular flexibility index (Phi) is 5.61. The molecule has 2 aliphatic heterocycles. The van der Waals surface area contributed by atoms with E-state index in [-0.39, 0.29) is 17.6 Å². The van der Waals surface area contributed by atoms with E-state index in [0.717, 1.165) is 51.1 Å². The Bertz CT molecular complexity index is 904. The van der Waals surface area contributed by atoms with E-state index in [0.29, 0.717) is 18.4 Å². The van der Waals surface area contributed by atoms with Crippen molar-refractivity contribution >= 4 is 11.9 Å². The van der Waals surface area contributed by atoms with Crippen LogP contribution in [-0.2, 0) is 11.3 Å². The third kappa shape index (κ3) is 4.42. The second kappa shape index (κ2) is 8.54. The van der Waals surface area contributed by atoms with Crippen molar-refractivity contribution in [2.75, 3.05) is 37.6 Å². The maximum atomic E-state index is 13.5. The second-order valence-electron chi connectivity index (χ2n) is 9.40. The summed E-state index contributed by atoms with van der Waals surface area (Å²) in [6.45, 7) is 4.82. The molecule has 1 saturated carbocycles. The van der Waals surface area contributed by atoms with Gasteiger partial charge in [-0.2, -0.15) is 0 Å². The highest BCUT2D eigenvalue weighted by molar-refractivity contribution is 5.84. The average Bonchev–Trinajstić information content (AvgIpc) is 3.57. The predicted octanol–water partition coefficient (Wildman–Crippen LogP) is 2.86. The monoisotopic (exact) mass is 423 g/mol. The van der Waals surface area contributed by atoms with Crippen molar-refractivity contribution in [3.8, 4) is 0 Å². The summed E-state index contributed by atoms with van der Waals surface area (Å²) >= 11 is 0. The van der Waals surface area contributed by atoms with Gasteiger partial charge in [0.15, 0.2) is 0 Å². The number of nitrogens with one attached hydrogen (secondary N) is 1. The molecule has 1 aromatic carbocycles. The molecule has 2 atom stereocenters. The number of hydrogen-bond donors (Lipinski definition) is 1. The van der Waals surface area contributed by atoms with E-state index < -0.39 is 5.41 Å². The van der Waals surface area contributed by atoms with Crippen molar-refractivity contribution in [1.82, 2.24) is 20.2 Å². The molecule has 3 aliphatic rings. The number of hydrogen-bond acceptors (Lipinski definition) is 5. The van der Waals surface area contributed by atoms with Gasteiger partial charge in [0.2, 0.25) is 11.9 Å². The summed E-state index contributed by atoms with van der Waals surface area (Å²) < 4.78 is 13.3. The Morgan fingerprint density at radius 3 is 2.68 bits per heavy atom. The molecule has 31 heavy (non-hydrogen) atoms. The van der Waals surface area contributed by atoms with Crippen LogP contribution in [0.2, 0.25) is 0 Å². The van der Waals surface area contributed by atoms with Gasteiger partial charge in [0.25, 0.3) is 0 Å². The third-order valence-corrected chi connectivity index (χ3v) is 7.13. The molecule has 7 heteroatoms. The molecule has 3 heterocycles.